The van der Waals surface area contributed by atoms with Crippen LogP contribution in [0, 0.1) is 0 Å². The summed E-state index contributed by atoms with van der Waals surface area (Å²) in [7, 11) is 0. The molecule has 122 valence electrons. The number of benzene rings is 2. The van der Waals surface area contributed by atoms with Crippen molar-refractivity contribution in [3.8, 4) is 0 Å². The Morgan fingerprint density at radius 3 is 2.30 bits per heavy atom. The van der Waals surface area contributed by atoms with Crippen molar-refractivity contribution in [1.29, 1.82) is 0 Å². The zero-order valence-corrected chi connectivity index (χ0v) is 14.4. The molecule has 0 heterocycles. The second kappa shape index (κ2) is 8.70. The van der Waals surface area contributed by atoms with Gasteiger partial charge in [-0.05, 0) is 37.1 Å². The van der Waals surface area contributed by atoms with Gasteiger partial charge < -0.3 is 10.2 Å². The molecule has 0 saturated carbocycles. The predicted molar refractivity (Wildman–Crippen MR) is 95.3 cm³/mol. The molecular weight excluding hydrogens is 308 g/mol. The fourth-order valence-corrected chi connectivity index (χ4v) is 2.48. The molecule has 0 radical (unpaired) electrons. The number of nitrogens with one attached hydrogen (secondary N) is 1. The Labute approximate surface area is 143 Å². The lowest BCUT2D eigenvalue weighted by molar-refractivity contribution is -0.132. The van der Waals surface area contributed by atoms with Gasteiger partial charge in [0.25, 0.3) is 0 Å². The molecule has 3 nitrogen and oxygen atoms in total. The average molecular weight is 331 g/mol. The summed E-state index contributed by atoms with van der Waals surface area (Å²) >= 11 is 5.87. The highest BCUT2D eigenvalue weighted by molar-refractivity contribution is 6.30. The molecule has 0 atom stereocenters. The van der Waals surface area contributed by atoms with Gasteiger partial charge in [-0.25, -0.2) is 0 Å². The first-order valence-electron chi connectivity index (χ1n) is 7.85. The van der Waals surface area contributed by atoms with E-state index in [1.165, 1.54) is 0 Å². The lowest BCUT2D eigenvalue weighted by atomic mass is 10.2. The SMILES string of the molecule is CC(C)N(Cc1ccccc1)C(=O)CNCc1ccc(Cl)cc1. The summed E-state index contributed by atoms with van der Waals surface area (Å²) in [5.74, 6) is 0.109. The first kappa shape index (κ1) is 17.5. The number of nitrogens with zero attached hydrogens (tertiary/aromatic N) is 1. The van der Waals surface area contributed by atoms with Crippen LogP contribution in [0.4, 0.5) is 0 Å². The van der Waals surface area contributed by atoms with E-state index in [9.17, 15) is 4.79 Å². The summed E-state index contributed by atoms with van der Waals surface area (Å²) in [4.78, 5) is 14.4. The maximum atomic E-state index is 12.5. The van der Waals surface area contributed by atoms with Crippen LogP contribution in [0.5, 0.6) is 0 Å². The molecule has 0 aliphatic rings. The minimum Gasteiger partial charge on any atom is -0.335 e. The van der Waals surface area contributed by atoms with Gasteiger partial charge in [0, 0.05) is 24.2 Å². The van der Waals surface area contributed by atoms with Crippen molar-refractivity contribution >= 4 is 17.5 Å². The maximum absolute atomic E-state index is 12.5. The summed E-state index contributed by atoms with van der Waals surface area (Å²) < 4.78 is 0. The van der Waals surface area contributed by atoms with Crippen LogP contribution in [0.25, 0.3) is 0 Å². The van der Waals surface area contributed by atoms with Crippen LogP contribution >= 0.6 is 11.6 Å². The third-order valence-electron chi connectivity index (χ3n) is 3.66. The van der Waals surface area contributed by atoms with E-state index >= 15 is 0 Å². The van der Waals surface area contributed by atoms with Gasteiger partial charge >= 0.3 is 0 Å². The van der Waals surface area contributed by atoms with Crippen LogP contribution in [0.2, 0.25) is 5.02 Å². The molecular formula is C19H23ClN2O. The first-order valence-corrected chi connectivity index (χ1v) is 8.22. The van der Waals surface area contributed by atoms with E-state index in [2.05, 4.69) is 5.32 Å². The molecule has 0 fully saturated rings. The second-order valence-corrected chi connectivity index (χ2v) is 6.27. The highest BCUT2D eigenvalue weighted by Crippen LogP contribution is 2.10. The highest BCUT2D eigenvalue weighted by Gasteiger charge is 2.16. The Balaban J connectivity index is 1.87. The maximum Gasteiger partial charge on any atom is 0.237 e. The van der Waals surface area contributed by atoms with E-state index in [0.29, 0.717) is 19.6 Å². The third kappa shape index (κ3) is 5.70. The molecule has 23 heavy (non-hydrogen) atoms. The van der Waals surface area contributed by atoms with Crippen LogP contribution in [0.1, 0.15) is 25.0 Å². The summed E-state index contributed by atoms with van der Waals surface area (Å²) in [5, 5.41) is 3.93. The Bertz CT molecular complexity index is 611. The fraction of sp³-hybridized carbons (Fsp3) is 0.316. The fourth-order valence-electron chi connectivity index (χ4n) is 2.36. The monoisotopic (exact) mass is 330 g/mol. The van der Waals surface area contributed by atoms with E-state index in [-0.39, 0.29) is 11.9 Å². The smallest absolute Gasteiger partial charge is 0.237 e. The van der Waals surface area contributed by atoms with Crippen LogP contribution < -0.4 is 5.32 Å². The molecule has 2 aromatic rings. The Hall–Kier alpha value is -1.84. The summed E-state index contributed by atoms with van der Waals surface area (Å²) in [5.41, 5.74) is 2.26. The number of halogens is 1. The van der Waals surface area contributed by atoms with E-state index in [1.54, 1.807) is 0 Å². The van der Waals surface area contributed by atoms with Crippen molar-refractivity contribution in [2.45, 2.75) is 33.0 Å². The second-order valence-electron chi connectivity index (χ2n) is 5.83. The predicted octanol–water partition coefficient (Wildman–Crippen LogP) is 3.87. The molecule has 2 rings (SSSR count). The number of rotatable bonds is 7. The molecule has 1 N–H and O–H groups in total. The molecule has 0 bridgehead atoms. The highest BCUT2D eigenvalue weighted by atomic mass is 35.5. The van der Waals surface area contributed by atoms with Gasteiger partial charge in [0.1, 0.15) is 0 Å². The van der Waals surface area contributed by atoms with Gasteiger partial charge in [-0.2, -0.15) is 0 Å². The van der Waals surface area contributed by atoms with Gasteiger partial charge in [-0.3, -0.25) is 4.79 Å². The number of carbonyl (C=O) groups excluding carboxylic acids is 1. The molecule has 0 aliphatic carbocycles. The molecule has 4 heteroatoms. The van der Waals surface area contributed by atoms with Crippen molar-refractivity contribution in [2.75, 3.05) is 6.54 Å². The standard InChI is InChI=1S/C19H23ClN2O/c1-15(2)22(14-17-6-4-3-5-7-17)19(23)13-21-12-16-8-10-18(20)11-9-16/h3-11,15,21H,12-14H2,1-2H3. The lowest BCUT2D eigenvalue weighted by Crippen LogP contribution is -2.41. The molecule has 0 unspecified atom stereocenters. The van der Waals surface area contributed by atoms with Gasteiger partial charge in [-0.15, -0.1) is 0 Å². The van der Waals surface area contributed by atoms with Crippen molar-refractivity contribution < 1.29 is 4.79 Å². The largest absolute Gasteiger partial charge is 0.335 e. The van der Waals surface area contributed by atoms with Crippen molar-refractivity contribution in [3.63, 3.8) is 0 Å². The van der Waals surface area contributed by atoms with E-state index in [0.717, 1.165) is 16.1 Å². The van der Waals surface area contributed by atoms with E-state index in [4.69, 9.17) is 11.6 Å². The van der Waals surface area contributed by atoms with Crippen molar-refractivity contribution in [1.82, 2.24) is 10.2 Å². The van der Waals surface area contributed by atoms with Crippen molar-refractivity contribution in [3.05, 3.63) is 70.7 Å². The zero-order valence-electron chi connectivity index (χ0n) is 13.6. The molecule has 0 saturated heterocycles. The van der Waals surface area contributed by atoms with Gasteiger partial charge in [-0.1, -0.05) is 54.1 Å². The number of hydrogen-bond donors (Lipinski definition) is 1. The van der Waals surface area contributed by atoms with Crippen LogP contribution in [0.15, 0.2) is 54.6 Å². The molecule has 2 aromatic carbocycles. The molecule has 0 spiro atoms. The topological polar surface area (TPSA) is 32.3 Å². The van der Waals surface area contributed by atoms with E-state index < -0.39 is 0 Å². The van der Waals surface area contributed by atoms with Gasteiger partial charge in [0.05, 0.1) is 6.54 Å². The van der Waals surface area contributed by atoms with Gasteiger partial charge in [0.2, 0.25) is 5.91 Å². The summed E-state index contributed by atoms with van der Waals surface area (Å²) in [6.45, 7) is 5.70. The quantitative estimate of drug-likeness (QED) is 0.836. The number of amides is 1. The van der Waals surface area contributed by atoms with Gasteiger partial charge in [0.15, 0.2) is 0 Å². The van der Waals surface area contributed by atoms with E-state index in [1.807, 2.05) is 73.3 Å². The third-order valence-corrected chi connectivity index (χ3v) is 3.91. The first-order chi connectivity index (χ1) is 11.1. The Morgan fingerprint density at radius 1 is 1.04 bits per heavy atom. The summed E-state index contributed by atoms with van der Waals surface area (Å²) in [6.07, 6.45) is 0. The van der Waals surface area contributed by atoms with Crippen molar-refractivity contribution in [2.24, 2.45) is 0 Å². The number of hydrogen-bond acceptors (Lipinski definition) is 2. The van der Waals surface area contributed by atoms with Crippen LogP contribution in [-0.2, 0) is 17.9 Å². The molecule has 0 aromatic heterocycles. The Morgan fingerprint density at radius 2 is 1.70 bits per heavy atom. The van der Waals surface area contributed by atoms with Crippen LogP contribution in [-0.4, -0.2) is 23.4 Å². The van der Waals surface area contributed by atoms with Crippen LogP contribution in [0.3, 0.4) is 0 Å². The minimum atomic E-state index is 0.109. The molecule has 0 aliphatic heterocycles. The molecule has 1 amide bonds. The lowest BCUT2D eigenvalue weighted by Gasteiger charge is -2.27. The summed E-state index contributed by atoms with van der Waals surface area (Å²) in [6, 6.07) is 17.9. The normalized spacial score (nSPS) is 10.8. The zero-order chi connectivity index (χ0) is 16.7. The Kier molecular flexibility index (Phi) is 6.63. The minimum absolute atomic E-state index is 0.109. The average Bonchev–Trinajstić information content (AvgIpc) is 2.55. The number of carbonyl (C=O) groups is 1.